The summed E-state index contributed by atoms with van der Waals surface area (Å²) in [4.78, 5) is 10.8. The van der Waals surface area contributed by atoms with E-state index in [1.54, 1.807) is 0 Å². The summed E-state index contributed by atoms with van der Waals surface area (Å²) in [6.07, 6.45) is 1.38. The third-order valence-corrected chi connectivity index (χ3v) is 1.02. The van der Waals surface area contributed by atoms with Gasteiger partial charge in [0.15, 0.2) is 0 Å². The van der Waals surface area contributed by atoms with Gasteiger partial charge in [0.25, 0.3) is 0 Å². The molecular weight excluding hydrogens is 146 g/mol. The van der Waals surface area contributed by atoms with Gasteiger partial charge < -0.3 is 5.32 Å². The Morgan fingerprint density at radius 1 is 1.73 bits per heavy atom. The average Bonchev–Trinajstić information content (AvgIpc) is 2.40. The lowest BCUT2D eigenvalue weighted by atomic mass is 10.5. The molecule has 0 saturated carbocycles. The fourth-order valence-electron chi connectivity index (χ4n) is 0.595. The molecule has 0 fully saturated rings. The van der Waals surface area contributed by atoms with Gasteiger partial charge in [-0.3, -0.25) is 4.79 Å². The maximum absolute atomic E-state index is 10.8. The Morgan fingerprint density at radius 2 is 2.55 bits per heavy atom. The van der Waals surface area contributed by atoms with Crippen LogP contribution in [0.15, 0.2) is 6.33 Å². The SMILES string of the molecule is [CH2]CNC(=O)Cn1cnnn1. The van der Waals surface area contributed by atoms with Gasteiger partial charge in [0.2, 0.25) is 5.91 Å². The molecule has 1 rings (SSSR count). The second kappa shape index (κ2) is 3.65. The molecule has 0 saturated heterocycles. The van der Waals surface area contributed by atoms with Crippen molar-refractivity contribution in [1.82, 2.24) is 25.5 Å². The second-order valence-electron chi connectivity index (χ2n) is 1.86. The lowest BCUT2D eigenvalue weighted by molar-refractivity contribution is -0.121. The van der Waals surface area contributed by atoms with E-state index in [0.717, 1.165) is 0 Å². The number of amides is 1. The van der Waals surface area contributed by atoms with Gasteiger partial charge in [0, 0.05) is 6.54 Å². The van der Waals surface area contributed by atoms with Gasteiger partial charge >= 0.3 is 0 Å². The Hall–Kier alpha value is -1.46. The molecule has 6 heteroatoms. The second-order valence-corrected chi connectivity index (χ2v) is 1.86. The number of carbonyl (C=O) groups is 1. The van der Waals surface area contributed by atoms with E-state index < -0.39 is 0 Å². The lowest BCUT2D eigenvalue weighted by Crippen LogP contribution is -2.27. The van der Waals surface area contributed by atoms with Crippen molar-refractivity contribution >= 4 is 5.91 Å². The van der Waals surface area contributed by atoms with E-state index in [9.17, 15) is 4.79 Å². The fourth-order valence-corrected chi connectivity index (χ4v) is 0.595. The minimum absolute atomic E-state index is 0.141. The third-order valence-electron chi connectivity index (χ3n) is 1.02. The predicted octanol–water partition coefficient (Wildman–Crippen LogP) is -1.38. The van der Waals surface area contributed by atoms with Crippen LogP contribution >= 0.6 is 0 Å². The fraction of sp³-hybridized carbons (Fsp3) is 0.400. The Balaban J connectivity index is 2.37. The molecule has 1 aromatic rings. The molecule has 0 aliphatic heterocycles. The van der Waals surface area contributed by atoms with Crippen molar-refractivity contribution < 1.29 is 4.79 Å². The molecule has 1 aromatic heterocycles. The Labute approximate surface area is 63.6 Å². The molecule has 0 atom stereocenters. The molecule has 0 bridgehead atoms. The van der Waals surface area contributed by atoms with E-state index >= 15 is 0 Å². The first-order chi connectivity index (χ1) is 5.33. The van der Waals surface area contributed by atoms with Gasteiger partial charge in [-0.25, -0.2) is 4.68 Å². The van der Waals surface area contributed by atoms with Crippen molar-refractivity contribution in [1.29, 1.82) is 0 Å². The minimum Gasteiger partial charge on any atom is -0.354 e. The van der Waals surface area contributed by atoms with E-state index in [2.05, 4.69) is 27.8 Å². The molecule has 1 N–H and O–H groups in total. The molecule has 1 radical (unpaired) electrons. The number of nitrogens with zero attached hydrogens (tertiary/aromatic N) is 4. The smallest absolute Gasteiger partial charge is 0.241 e. The predicted molar refractivity (Wildman–Crippen MR) is 36.2 cm³/mol. The van der Waals surface area contributed by atoms with E-state index in [1.807, 2.05) is 0 Å². The first-order valence-electron chi connectivity index (χ1n) is 3.09. The molecule has 0 spiro atoms. The van der Waals surface area contributed by atoms with E-state index in [1.165, 1.54) is 11.0 Å². The first kappa shape index (κ1) is 7.64. The minimum atomic E-state index is -0.146. The lowest BCUT2D eigenvalue weighted by Gasteiger charge is -1.98. The average molecular weight is 154 g/mol. The van der Waals surface area contributed by atoms with Crippen LogP contribution < -0.4 is 5.32 Å². The maximum atomic E-state index is 10.8. The summed E-state index contributed by atoms with van der Waals surface area (Å²) >= 11 is 0. The monoisotopic (exact) mass is 154 g/mol. The van der Waals surface area contributed by atoms with Crippen LogP contribution in [-0.4, -0.2) is 32.7 Å². The number of rotatable bonds is 3. The summed E-state index contributed by atoms with van der Waals surface area (Å²) in [6.45, 7) is 3.98. The summed E-state index contributed by atoms with van der Waals surface area (Å²) in [7, 11) is 0. The largest absolute Gasteiger partial charge is 0.354 e. The van der Waals surface area contributed by atoms with Gasteiger partial charge in [0.05, 0.1) is 0 Å². The van der Waals surface area contributed by atoms with E-state index in [4.69, 9.17) is 0 Å². The van der Waals surface area contributed by atoms with Crippen LogP contribution in [-0.2, 0) is 11.3 Å². The topological polar surface area (TPSA) is 72.7 Å². The van der Waals surface area contributed by atoms with Crippen LogP contribution in [0, 0.1) is 6.92 Å². The maximum Gasteiger partial charge on any atom is 0.241 e. The van der Waals surface area contributed by atoms with Crippen LogP contribution in [0.4, 0.5) is 0 Å². The number of nitrogens with one attached hydrogen (secondary N) is 1. The summed E-state index contributed by atoms with van der Waals surface area (Å²) in [5.41, 5.74) is 0. The van der Waals surface area contributed by atoms with Crippen molar-refractivity contribution in [3.8, 4) is 0 Å². The molecule has 6 nitrogen and oxygen atoms in total. The molecule has 1 amide bonds. The zero-order valence-corrected chi connectivity index (χ0v) is 5.90. The van der Waals surface area contributed by atoms with Crippen molar-refractivity contribution in [3.63, 3.8) is 0 Å². The molecular formula is C5H8N5O. The van der Waals surface area contributed by atoms with Crippen molar-refractivity contribution in [2.45, 2.75) is 6.54 Å². The molecule has 0 aromatic carbocycles. The van der Waals surface area contributed by atoms with Crippen LogP contribution in [0.1, 0.15) is 0 Å². The standard InChI is InChI=1S/C5H8N5O/c1-2-6-5(11)3-10-4-7-8-9-10/h4H,1-3H2,(H,6,11). The van der Waals surface area contributed by atoms with Crippen molar-refractivity contribution in [3.05, 3.63) is 13.3 Å². The number of tetrazole rings is 1. The van der Waals surface area contributed by atoms with Crippen LogP contribution in [0.25, 0.3) is 0 Å². The summed E-state index contributed by atoms with van der Waals surface area (Å²) in [6, 6.07) is 0. The van der Waals surface area contributed by atoms with Crippen LogP contribution in [0.3, 0.4) is 0 Å². The van der Waals surface area contributed by atoms with Gasteiger partial charge in [0.1, 0.15) is 12.9 Å². The first-order valence-corrected chi connectivity index (χ1v) is 3.09. The Bertz CT molecular complexity index is 219. The molecule has 0 unspecified atom stereocenters. The zero-order chi connectivity index (χ0) is 8.10. The highest BCUT2D eigenvalue weighted by molar-refractivity contribution is 5.75. The van der Waals surface area contributed by atoms with Crippen molar-refractivity contribution in [2.75, 3.05) is 6.54 Å². The number of hydrogen-bond acceptors (Lipinski definition) is 4. The molecule has 1 heterocycles. The van der Waals surface area contributed by atoms with E-state index in [0.29, 0.717) is 6.54 Å². The summed E-state index contributed by atoms with van der Waals surface area (Å²) in [5.74, 6) is -0.146. The normalized spacial score (nSPS) is 9.55. The Morgan fingerprint density at radius 3 is 3.09 bits per heavy atom. The molecule has 59 valence electrons. The zero-order valence-electron chi connectivity index (χ0n) is 5.90. The molecule has 0 aliphatic carbocycles. The number of carbonyl (C=O) groups excluding carboxylic acids is 1. The van der Waals surface area contributed by atoms with Crippen LogP contribution in [0.2, 0.25) is 0 Å². The Kier molecular flexibility index (Phi) is 2.53. The summed E-state index contributed by atoms with van der Waals surface area (Å²) in [5, 5.41) is 12.8. The number of hydrogen-bond donors (Lipinski definition) is 1. The highest BCUT2D eigenvalue weighted by atomic mass is 16.2. The van der Waals surface area contributed by atoms with Gasteiger partial charge in [-0.1, -0.05) is 0 Å². The van der Waals surface area contributed by atoms with Crippen molar-refractivity contribution in [2.24, 2.45) is 0 Å². The quantitative estimate of drug-likeness (QED) is 0.582. The van der Waals surface area contributed by atoms with Crippen LogP contribution in [0.5, 0.6) is 0 Å². The third kappa shape index (κ3) is 2.32. The highest BCUT2D eigenvalue weighted by Crippen LogP contribution is 1.76. The number of aromatic nitrogens is 4. The van der Waals surface area contributed by atoms with Gasteiger partial charge in [-0.15, -0.1) is 5.10 Å². The summed E-state index contributed by atoms with van der Waals surface area (Å²) < 4.78 is 1.34. The van der Waals surface area contributed by atoms with Gasteiger partial charge in [-0.05, 0) is 17.4 Å². The van der Waals surface area contributed by atoms with E-state index in [-0.39, 0.29) is 12.5 Å². The van der Waals surface area contributed by atoms with Gasteiger partial charge in [-0.2, -0.15) is 0 Å². The molecule has 0 aliphatic rings. The molecule has 11 heavy (non-hydrogen) atoms. The highest BCUT2D eigenvalue weighted by Gasteiger charge is 2.00.